The van der Waals surface area contributed by atoms with Crippen LogP contribution in [0.1, 0.15) is 29.9 Å². The first-order valence-electron chi connectivity index (χ1n) is 13.5. The third-order valence-electron chi connectivity index (χ3n) is 7.24. The van der Waals surface area contributed by atoms with E-state index in [1.165, 1.54) is 12.1 Å². The second-order valence-electron chi connectivity index (χ2n) is 9.87. The van der Waals surface area contributed by atoms with Crippen molar-refractivity contribution >= 4 is 16.8 Å². The normalized spacial score (nSPS) is 14.4. The Hall–Kier alpha value is -4.50. The maximum Gasteiger partial charge on any atom is 0.203 e. The minimum atomic E-state index is -0.326. The van der Waals surface area contributed by atoms with Crippen LogP contribution in [0.25, 0.3) is 28.2 Å². The summed E-state index contributed by atoms with van der Waals surface area (Å²) in [6.45, 7) is 3.30. The Labute approximate surface area is 231 Å². The molecule has 1 fully saturated rings. The molecular formula is C31H29FN6O2. The van der Waals surface area contributed by atoms with Gasteiger partial charge in [0, 0.05) is 42.8 Å². The molecule has 5 aromatic rings. The molecule has 6 rings (SSSR count). The number of ether oxygens (including phenoxy) is 1. The van der Waals surface area contributed by atoms with Gasteiger partial charge < -0.3 is 9.64 Å². The molecule has 0 bridgehead atoms. The molecule has 0 spiro atoms. The van der Waals surface area contributed by atoms with Crippen LogP contribution in [0, 0.1) is 11.7 Å². The molecule has 8 nitrogen and oxygen atoms in total. The van der Waals surface area contributed by atoms with Crippen LogP contribution >= 0.6 is 0 Å². The van der Waals surface area contributed by atoms with Gasteiger partial charge in [0.15, 0.2) is 11.6 Å². The number of carbonyl (C=O) groups is 1. The van der Waals surface area contributed by atoms with Crippen molar-refractivity contribution in [2.75, 3.05) is 26.2 Å². The fourth-order valence-electron chi connectivity index (χ4n) is 5.18. The van der Waals surface area contributed by atoms with Gasteiger partial charge in [0.05, 0.1) is 17.6 Å². The quantitative estimate of drug-likeness (QED) is 0.185. The maximum atomic E-state index is 13.9. The SMILES string of the molecule is O=C(c1ncccn1)C1CCN(CCCOc2ccc(-n3c(-c4ccccn4)nc4cc(F)ccc43)cc2)CC1. The maximum absolute atomic E-state index is 13.9. The van der Waals surface area contributed by atoms with Crippen molar-refractivity contribution in [2.45, 2.75) is 19.3 Å². The molecule has 0 atom stereocenters. The van der Waals surface area contributed by atoms with Gasteiger partial charge >= 0.3 is 0 Å². The van der Waals surface area contributed by atoms with E-state index < -0.39 is 0 Å². The summed E-state index contributed by atoms with van der Waals surface area (Å²) in [5, 5.41) is 0. The summed E-state index contributed by atoms with van der Waals surface area (Å²) in [4.78, 5) is 32.3. The Kier molecular flexibility index (Phi) is 7.54. The van der Waals surface area contributed by atoms with Gasteiger partial charge in [0.1, 0.15) is 17.3 Å². The third-order valence-corrected chi connectivity index (χ3v) is 7.24. The molecule has 0 unspecified atom stereocenters. The number of pyridine rings is 1. The highest BCUT2D eigenvalue weighted by atomic mass is 19.1. The lowest BCUT2D eigenvalue weighted by molar-refractivity contribution is 0.0824. The topological polar surface area (TPSA) is 86.0 Å². The Morgan fingerprint density at radius 1 is 0.925 bits per heavy atom. The lowest BCUT2D eigenvalue weighted by Gasteiger charge is -2.30. The van der Waals surface area contributed by atoms with Gasteiger partial charge in [-0.3, -0.25) is 14.3 Å². The number of fused-ring (bicyclic) bond motifs is 1. The highest BCUT2D eigenvalue weighted by Gasteiger charge is 2.27. The van der Waals surface area contributed by atoms with Gasteiger partial charge in [-0.2, -0.15) is 0 Å². The first kappa shape index (κ1) is 25.8. The van der Waals surface area contributed by atoms with Crippen LogP contribution in [-0.2, 0) is 0 Å². The molecule has 0 amide bonds. The smallest absolute Gasteiger partial charge is 0.203 e. The highest BCUT2D eigenvalue weighted by molar-refractivity contribution is 5.94. The number of hydrogen-bond donors (Lipinski definition) is 0. The molecule has 0 aliphatic carbocycles. The summed E-state index contributed by atoms with van der Waals surface area (Å²) >= 11 is 0. The van der Waals surface area contributed by atoms with Crippen molar-refractivity contribution in [3.05, 3.63) is 97.0 Å². The number of aromatic nitrogens is 5. The monoisotopic (exact) mass is 536 g/mol. The first-order chi connectivity index (χ1) is 19.7. The zero-order valence-corrected chi connectivity index (χ0v) is 22.0. The largest absolute Gasteiger partial charge is 0.494 e. The summed E-state index contributed by atoms with van der Waals surface area (Å²) < 4.78 is 21.9. The Bertz CT molecular complexity index is 1580. The molecular weight excluding hydrogens is 507 g/mol. The van der Waals surface area contributed by atoms with Gasteiger partial charge in [0.25, 0.3) is 0 Å². The van der Waals surface area contributed by atoms with Gasteiger partial charge in [-0.1, -0.05) is 6.07 Å². The van der Waals surface area contributed by atoms with E-state index in [4.69, 9.17) is 4.74 Å². The number of piperidine rings is 1. The van der Waals surface area contributed by atoms with E-state index in [0.29, 0.717) is 29.5 Å². The van der Waals surface area contributed by atoms with E-state index in [1.807, 2.05) is 47.0 Å². The van der Waals surface area contributed by atoms with E-state index in [9.17, 15) is 9.18 Å². The second-order valence-corrected chi connectivity index (χ2v) is 9.87. The molecule has 9 heteroatoms. The van der Waals surface area contributed by atoms with Crippen LogP contribution in [0.5, 0.6) is 5.75 Å². The van der Waals surface area contributed by atoms with E-state index in [2.05, 4.69) is 24.8 Å². The molecule has 1 saturated heterocycles. The van der Waals surface area contributed by atoms with E-state index >= 15 is 0 Å². The third kappa shape index (κ3) is 5.60. The predicted molar refractivity (Wildman–Crippen MR) is 150 cm³/mol. The molecule has 0 radical (unpaired) electrons. The molecule has 1 aliphatic heterocycles. The summed E-state index contributed by atoms with van der Waals surface area (Å²) in [6.07, 6.45) is 7.50. The van der Waals surface area contributed by atoms with Gasteiger partial charge in [-0.15, -0.1) is 0 Å². The van der Waals surface area contributed by atoms with Crippen molar-refractivity contribution < 1.29 is 13.9 Å². The number of halogens is 1. The lowest BCUT2D eigenvalue weighted by Crippen LogP contribution is -2.37. The molecule has 4 heterocycles. The zero-order chi connectivity index (χ0) is 27.3. The van der Waals surface area contributed by atoms with Crippen LogP contribution in [0.2, 0.25) is 0 Å². The number of carbonyl (C=O) groups excluding carboxylic acids is 1. The fourth-order valence-corrected chi connectivity index (χ4v) is 5.18. The molecule has 40 heavy (non-hydrogen) atoms. The number of likely N-dealkylation sites (tertiary alicyclic amines) is 1. The summed E-state index contributed by atoms with van der Waals surface area (Å²) in [5.74, 6) is 1.48. The minimum absolute atomic E-state index is 0.00163. The molecule has 0 N–H and O–H groups in total. The number of hydrogen-bond acceptors (Lipinski definition) is 7. The lowest BCUT2D eigenvalue weighted by atomic mass is 9.92. The van der Waals surface area contributed by atoms with Crippen molar-refractivity contribution in [1.29, 1.82) is 0 Å². The van der Waals surface area contributed by atoms with Crippen molar-refractivity contribution in [3.8, 4) is 23.0 Å². The summed E-state index contributed by atoms with van der Waals surface area (Å²) in [5.41, 5.74) is 2.97. The molecule has 0 saturated carbocycles. The molecule has 2 aromatic carbocycles. The second kappa shape index (κ2) is 11.7. The predicted octanol–water partition coefficient (Wildman–Crippen LogP) is 5.38. The number of benzene rings is 2. The number of Topliss-reactive ketones (excluding diaryl/α,β-unsaturated/α-hetero) is 1. The highest BCUT2D eigenvalue weighted by Crippen LogP contribution is 2.29. The van der Waals surface area contributed by atoms with Crippen LogP contribution < -0.4 is 4.74 Å². The molecule has 1 aliphatic rings. The summed E-state index contributed by atoms with van der Waals surface area (Å²) in [6, 6.07) is 19.8. The Morgan fingerprint density at radius 3 is 2.45 bits per heavy atom. The molecule has 3 aromatic heterocycles. The molecule has 202 valence electrons. The van der Waals surface area contributed by atoms with Crippen molar-refractivity contribution in [1.82, 2.24) is 29.4 Å². The van der Waals surface area contributed by atoms with E-state index in [-0.39, 0.29) is 17.5 Å². The minimum Gasteiger partial charge on any atom is -0.494 e. The fraction of sp³-hybridized carbons (Fsp3) is 0.258. The average Bonchev–Trinajstić information content (AvgIpc) is 3.39. The van der Waals surface area contributed by atoms with Crippen LogP contribution in [0.15, 0.2) is 85.3 Å². The van der Waals surface area contributed by atoms with E-state index in [1.54, 1.807) is 30.7 Å². The van der Waals surface area contributed by atoms with Crippen LogP contribution in [0.3, 0.4) is 0 Å². The van der Waals surface area contributed by atoms with Crippen molar-refractivity contribution in [2.24, 2.45) is 5.92 Å². The van der Waals surface area contributed by atoms with Gasteiger partial charge in [-0.05, 0) is 86.9 Å². The van der Waals surface area contributed by atoms with Gasteiger partial charge in [0.2, 0.25) is 5.78 Å². The zero-order valence-electron chi connectivity index (χ0n) is 22.0. The summed E-state index contributed by atoms with van der Waals surface area (Å²) in [7, 11) is 0. The van der Waals surface area contributed by atoms with Crippen LogP contribution in [0.4, 0.5) is 4.39 Å². The van der Waals surface area contributed by atoms with Crippen LogP contribution in [-0.4, -0.2) is 61.4 Å². The van der Waals surface area contributed by atoms with Gasteiger partial charge in [-0.25, -0.2) is 19.3 Å². The number of imidazole rings is 1. The standard InChI is InChI=1S/C31H29FN6O2/c32-23-6-11-28-27(21-23)36-31(26-5-1-2-14-33-26)38(28)24-7-9-25(10-8-24)40-20-4-17-37-18-12-22(13-19-37)29(39)30-34-15-3-16-35-30/h1-3,5-11,14-16,21-22H,4,12-13,17-20H2. The average molecular weight is 537 g/mol. The Morgan fingerprint density at radius 2 is 1.70 bits per heavy atom. The number of ketones is 1. The first-order valence-corrected chi connectivity index (χ1v) is 13.5. The Balaban J connectivity index is 1.04. The number of rotatable bonds is 9. The van der Waals surface area contributed by atoms with E-state index in [0.717, 1.165) is 55.9 Å². The number of nitrogens with zero attached hydrogens (tertiary/aromatic N) is 6. The van der Waals surface area contributed by atoms with Crippen molar-refractivity contribution in [3.63, 3.8) is 0 Å².